The standard InChI is InChI=1S/C13H16N2O3/c16-12(17)8-14-5-1-2-11(14)13(18)15-7-9-3-4-10(15)6-9/h1-2,5,9-10H,3-4,6-8H2,(H,16,17). The van der Waals surface area contributed by atoms with Gasteiger partial charge in [0.05, 0.1) is 0 Å². The predicted octanol–water partition coefficient (Wildman–Crippen LogP) is 1.20. The molecule has 2 unspecified atom stereocenters. The highest BCUT2D eigenvalue weighted by molar-refractivity contribution is 5.93. The molecule has 1 saturated heterocycles. The normalized spacial score (nSPS) is 25.7. The zero-order chi connectivity index (χ0) is 12.7. The number of hydrogen-bond acceptors (Lipinski definition) is 2. The average Bonchev–Trinajstić information content (AvgIpc) is 3.01. The number of aliphatic carboxylic acids is 1. The number of carbonyl (C=O) groups is 2. The second kappa shape index (κ2) is 4.15. The van der Waals surface area contributed by atoms with Crippen molar-refractivity contribution in [3.63, 3.8) is 0 Å². The molecule has 2 atom stereocenters. The minimum absolute atomic E-state index is 0.0200. The van der Waals surface area contributed by atoms with Gasteiger partial charge in [-0.2, -0.15) is 0 Å². The summed E-state index contributed by atoms with van der Waals surface area (Å²) in [6, 6.07) is 3.80. The van der Waals surface area contributed by atoms with Gasteiger partial charge in [-0.1, -0.05) is 0 Å². The van der Waals surface area contributed by atoms with E-state index in [0.29, 0.717) is 17.7 Å². The summed E-state index contributed by atoms with van der Waals surface area (Å²) in [7, 11) is 0. The van der Waals surface area contributed by atoms with Crippen molar-refractivity contribution >= 4 is 11.9 Å². The van der Waals surface area contributed by atoms with Crippen molar-refractivity contribution in [2.45, 2.75) is 31.8 Å². The van der Waals surface area contributed by atoms with Crippen LogP contribution in [0.15, 0.2) is 18.3 Å². The topological polar surface area (TPSA) is 62.5 Å². The van der Waals surface area contributed by atoms with Gasteiger partial charge in [-0.25, -0.2) is 0 Å². The van der Waals surface area contributed by atoms with Gasteiger partial charge >= 0.3 is 5.97 Å². The van der Waals surface area contributed by atoms with Crippen molar-refractivity contribution < 1.29 is 14.7 Å². The molecule has 2 fully saturated rings. The highest BCUT2D eigenvalue weighted by Gasteiger charge is 2.40. The molecule has 3 rings (SSSR count). The predicted molar refractivity (Wildman–Crippen MR) is 64.2 cm³/mol. The van der Waals surface area contributed by atoms with Crippen molar-refractivity contribution in [2.75, 3.05) is 6.54 Å². The van der Waals surface area contributed by atoms with E-state index in [9.17, 15) is 9.59 Å². The Kier molecular flexibility index (Phi) is 2.61. The van der Waals surface area contributed by atoms with Crippen LogP contribution in [0.4, 0.5) is 0 Å². The van der Waals surface area contributed by atoms with Crippen LogP contribution in [0.3, 0.4) is 0 Å². The van der Waals surface area contributed by atoms with Crippen LogP contribution in [0, 0.1) is 5.92 Å². The molecule has 96 valence electrons. The number of carboxylic acids is 1. The Morgan fingerprint density at radius 2 is 2.22 bits per heavy atom. The Morgan fingerprint density at radius 1 is 1.39 bits per heavy atom. The number of piperidine rings is 1. The minimum atomic E-state index is -0.928. The smallest absolute Gasteiger partial charge is 0.323 e. The summed E-state index contributed by atoms with van der Waals surface area (Å²) >= 11 is 0. The molecular weight excluding hydrogens is 232 g/mol. The highest BCUT2D eigenvalue weighted by Crippen LogP contribution is 2.38. The second-order valence-electron chi connectivity index (χ2n) is 5.21. The molecule has 2 heterocycles. The van der Waals surface area contributed by atoms with Crippen LogP contribution < -0.4 is 0 Å². The number of carboxylic acid groups (broad SMARTS) is 1. The SMILES string of the molecule is O=C(O)Cn1cccc1C(=O)N1CC2CCC1C2. The van der Waals surface area contributed by atoms with Crippen LogP contribution in [0.5, 0.6) is 0 Å². The molecule has 5 nitrogen and oxygen atoms in total. The fourth-order valence-electron chi connectivity index (χ4n) is 3.21. The van der Waals surface area contributed by atoms with Gasteiger partial charge in [-0.3, -0.25) is 9.59 Å². The van der Waals surface area contributed by atoms with E-state index in [0.717, 1.165) is 19.4 Å². The monoisotopic (exact) mass is 248 g/mol. The fourth-order valence-corrected chi connectivity index (χ4v) is 3.21. The molecule has 1 aromatic rings. The van der Waals surface area contributed by atoms with Crippen LogP contribution in [0.1, 0.15) is 29.8 Å². The van der Waals surface area contributed by atoms with E-state index < -0.39 is 5.97 Å². The molecule has 1 aromatic heterocycles. The number of amides is 1. The summed E-state index contributed by atoms with van der Waals surface area (Å²) < 4.78 is 1.51. The van der Waals surface area contributed by atoms with Crippen LogP contribution in [-0.2, 0) is 11.3 Å². The van der Waals surface area contributed by atoms with E-state index in [2.05, 4.69) is 0 Å². The lowest BCUT2D eigenvalue weighted by Crippen LogP contribution is -2.38. The van der Waals surface area contributed by atoms with Gasteiger partial charge in [-0.05, 0) is 37.3 Å². The summed E-state index contributed by atoms with van der Waals surface area (Å²) in [4.78, 5) is 25.1. The van der Waals surface area contributed by atoms with Crippen LogP contribution in [-0.4, -0.2) is 39.0 Å². The maximum Gasteiger partial charge on any atom is 0.323 e. The number of fused-ring (bicyclic) bond motifs is 2. The third-order valence-electron chi connectivity index (χ3n) is 4.02. The third-order valence-corrected chi connectivity index (χ3v) is 4.02. The first-order valence-electron chi connectivity index (χ1n) is 6.33. The first kappa shape index (κ1) is 11.3. The molecule has 1 N–H and O–H groups in total. The van der Waals surface area contributed by atoms with Crippen LogP contribution in [0.2, 0.25) is 0 Å². The molecule has 1 amide bonds. The van der Waals surface area contributed by atoms with Crippen LogP contribution >= 0.6 is 0 Å². The highest BCUT2D eigenvalue weighted by atomic mass is 16.4. The zero-order valence-corrected chi connectivity index (χ0v) is 10.1. The molecule has 1 aliphatic heterocycles. The summed E-state index contributed by atoms with van der Waals surface area (Å²) in [5.74, 6) is -0.293. The maximum absolute atomic E-state index is 12.4. The van der Waals surface area contributed by atoms with E-state index in [1.54, 1.807) is 18.3 Å². The molecule has 1 saturated carbocycles. The maximum atomic E-state index is 12.4. The lowest BCUT2D eigenvalue weighted by atomic mass is 10.1. The van der Waals surface area contributed by atoms with Gasteiger partial charge in [-0.15, -0.1) is 0 Å². The number of hydrogen-bond donors (Lipinski definition) is 1. The quantitative estimate of drug-likeness (QED) is 0.874. The summed E-state index contributed by atoms with van der Waals surface area (Å²) in [6.45, 7) is 0.678. The molecule has 18 heavy (non-hydrogen) atoms. The number of carbonyl (C=O) groups excluding carboxylic acids is 1. The van der Waals surface area contributed by atoms with Crippen molar-refractivity contribution in [3.8, 4) is 0 Å². The third kappa shape index (κ3) is 1.79. The molecule has 1 aliphatic carbocycles. The van der Waals surface area contributed by atoms with Crippen molar-refractivity contribution in [1.82, 2.24) is 9.47 Å². The molecular formula is C13H16N2O3. The van der Waals surface area contributed by atoms with Gasteiger partial charge in [0.25, 0.3) is 5.91 Å². The van der Waals surface area contributed by atoms with E-state index in [1.165, 1.54) is 11.0 Å². The van der Waals surface area contributed by atoms with Crippen LogP contribution in [0.25, 0.3) is 0 Å². The summed E-state index contributed by atoms with van der Waals surface area (Å²) in [6.07, 6.45) is 5.09. The van der Waals surface area contributed by atoms with Gasteiger partial charge in [0.2, 0.25) is 0 Å². The van der Waals surface area contributed by atoms with E-state index >= 15 is 0 Å². The Morgan fingerprint density at radius 3 is 2.83 bits per heavy atom. The number of aromatic nitrogens is 1. The first-order chi connectivity index (χ1) is 8.65. The fraction of sp³-hybridized carbons (Fsp3) is 0.538. The van der Waals surface area contributed by atoms with Gasteiger partial charge in [0, 0.05) is 18.8 Å². The molecule has 5 heteroatoms. The lowest BCUT2D eigenvalue weighted by molar-refractivity contribution is -0.137. The number of nitrogens with zero attached hydrogens (tertiary/aromatic N) is 2. The average molecular weight is 248 g/mol. The van der Waals surface area contributed by atoms with E-state index in [4.69, 9.17) is 5.11 Å². The van der Waals surface area contributed by atoms with Crippen molar-refractivity contribution in [1.29, 1.82) is 0 Å². The van der Waals surface area contributed by atoms with Gasteiger partial charge < -0.3 is 14.6 Å². The molecule has 0 spiro atoms. The lowest BCUT2D eigenvalue weighted by Gasteiger charge is -2.27. The Bertz CT molecular complexity index is 494. The second-order valence-corrected chi connectivity index (χ2v) is 5.21. The van der Waals surface area contributed by atoms with E-state index in [-0.39, 0.29) is 12.5 Å². The van der Waals surface area contributed by atoms with Crippen molar-refractivity contribution in [3.05, 3.63) is 24.0 Å². The molecule has 0 radical (unpaired) electrons. The number of likely N-dealkylation sites (tertiary alicyclic amines) is 1. The first-order valence-corrected chi connectivity index (χ1v) is 6.33. The molecule has 2 bridgehead atoms. The largest absolute Gasteiger partial charge is 0.480 e. The van der Waals surface area contributed by atoms with Crippen molar-refractivity contribution in [2.24, 2.45) is 5.92 Å². The van der Waals surface area contributed by atoms with Gasteiger partial charge in [0.15, 0.2) is 0 Å². The summed E-state index contributed by atoms with van der Waals surface area (Å²) in [5, 5.41) is 8.82. The summed E-state index contributed by atoms with van der Waals surface area (Å²) in [5.41, 5.74) is 0.491. The Balaban J connectivity index is 1.80. The van der Waals surface area contributed by atoms with E-state index in [1.807, 2.05) is 4.90 Å². The Labute approximate surface area is 105 Å². The molecule has 0 aromatic carbocycles. The zero-order valence-electron chi connectivity index (χ0n) is 10.1. The number of rotatable bonds is 3. The van der Waals surface area contributed by atoms with Gasteiger partial charge in [0.1, 0.15) is 12.2 Å². The Hall–Kier alpha value is -1.78. The minimum Gasteiger partial charge on any atom is -0.480 e. The molecule has 2 aliphatic rings.